The number of nitrogens with zero attached hydrogens (tertiary/aromatic N) is 4. The van der Waals surface area contributed by atoms with Gasteiger partial charge in [0.05, 0.1) is 6.04 Å². The zero-order valence-electron chi connectivity index (χ0n) is 25.6. The first-order valence-corrected chi connectivity index (χ1v) is 14.9. The molecule has 0 unspecified atom stereocenters. The lowest BCUT2D eigenvalue weighted by Gasteiger charge is -2.25. The molecule has 0 aliphatic rings. The lowest BCUT2D eigenvalue weighted by Crippen LogP contribution is -2.52. The third-order valence-electron chi connectivity index (χ3n) is 7.03. The van der Waals surface area contributed by atoms with E-state index in [2.05, 4.69) is 26.2 Å². The zero-order valence-corrected chi connectivity index (χ0v) is 25.6. The lowest BCUT2D eigenvalue weighted by atomic mass is 9.98. The van der Waals surface area contributed by atoms with Crippen molar-refractivity contribution in [3.8, 4) is 22.5 Å². The Kier molecular flexibility index (Phi) is 11.3. The van der Waals surface area contributed by atoms with E-state index >= 15 is 0 Å². The van der Waals surface area contributed by atoms with Gasteiger partial charge in [0, 0.05) is 5.56 Å². The number of carbonyl (C=O) groups is 3. The number of benzene rings is 3. The molecule has 0 saturated heterocycles. The molecular formula is C34H40N6O4. The van der Waals surface area contributed by atoms with Crippen LogP contribution in [0, 0.1) is 11.8 Å². The molecule has 0 bridgehead atoms. The number of rotatable bonds is 14. The average Bonchev–Trinajstić information content (AvgIpc) is 3.48. The summed E-state index contributed by atoms with van der Waals surface area (Å²) in [4.78, 5) is 39.6. The van der Waals surface area contributed by atoms with E-state index in [1.54, 1.807) is 0 Å². The van der Waals surface area contributed by atoms with Crippen LogP contribution < -0.4 is 10.6 Å². The summed E-state index contributed by atoms with van der Waals surface area (Å²) in [5, 5.41) is 17.6. The number of ether oxygens (including phenoxy) is 1. The summed E-state index contributed by atoms with van der Waals surface area (Å²) < 4.78 is 6.79. The minimum absolute atomic E-state index is 0.0837. The SMILES string of the molecule is CC(C)C[C@H](NC(=O)[C@H](CC(C)C)NC(=O)OCc1ccccc1)C(=O)Cn1nnnc1-c1ccc(-c2ccccc2)cc1. The largest absolute Gasteiger partial charge is 0.445 e. The summed E-state index contributed by atoms with van der Waals surface area (Å²) in [6.45, 7) is 7.84. The first kappa shape index (κ1) is 32.1. The van der Waals surface area contributed by atoms with Crippen LogP contribution >= 0.6 is 0 Å². The van der Waals surface area contributed by atoms with Crippen molar-refractivity contribution in [2.24, 2.45) is 11.8 Å². The summed E-state index contributed by atoms with van der Waals surface area (Å²) in [5.74, 6) is -0.000641. The third-order valence-corrected chi connectivity index (χ3v) is 7.03. The number of alkyl carbamates (subject to hydrolysis) is 1. The van der Waals surface area contributed by atoms with Crippen LogP contribution in [0.1, 0.15) is 46.1 Å². The summed E-state index contributed by atoms with van der Waals surface area (Å²) in [6.07, 6.45) is 0.101. The van der Waals surface area contributed by atoms with Crippen molar-refractivity contribution in [2.75, 3.05) is 0 Å². The molecule has 4 aromatic rings. The van der Waals surface area contributed by atoms with Gasteiger partial charge in [-0.25, -0.2) is 9.48 Å². The minimum atomic E-state index is -0.868. The average molecular weight is 597 g/mol. The second-order valence-corrected chi connectivity index (χ2v) is 11.6. The van der Waals surface area contributed by atoms with E-state index in [1.807, 2.05) is 113 Å². The maximum Gasteiger partial charge on any atom is 0.408 e. The van der Waals surface area contributed by atoms with Gasteiger partial charge in [0.1, 0.15) is 19.2 Å². The van der Waals surface area contributed by atoms with E-state index in [-0.39, 0.29) is 30.8 Å². The Morgan fingerprint density at radius 1 is 0.727 bits per heavy atom. The molecule has 10 nitrogen and oxygen atoms in total. The standard InChI is InChI=1S/C34H40N6O4/c1-23(2)19-29(35-33(42)30(20-24(3)4)36-34(43)44-22-25-11-7-5-8-12-25)31(41)21-40-32(37-38-39-40)28-17-15-27(16-18-28)26-13-9-6-10-14-26/h5-18,23-24,29-30H,19-22H2,1-4H3,(H,35,42)(H,36,43)/t29-,30-/m0/s1. The number of tetrazole rings is 1. The Bertz CT molecular complexity index is 1500. The van der Waals surface area contributed by atoms with E-state index in [1.165, 1.54) is 4.68 Å². The highest BCUT2D eigenvalue weighted by atomic mass is 16.5. The van der Waals surface area contributed by atoms with E-state index < -0.39 is 24.1 Å². The molecule has 0 aliphatic carbocycles. The van der Waals surface area contributed by atoms with Crippen LogP contribution in [0.15, 0.2) is 84.9 Å². The van der Waals surface area contributed by atoms with Crippen LogP contribution in [0.2, 0.25) is 0 Å². The number of amides is 2. The van der Waals surface area contributed by atoms with Crippen LogP contribution in [0.25, 0.3) is 22.5 Å². The van der Waals surface area contributed by atoms with Crippen molar-refractivity contribution in [1.29, 1.82) is 0 Å². The third kappa shape index (κ3) is 9.32. The van der Waals surface area contributed by atoms with E-state index in [0.717, 1.165) is 22.3 Å². The van der Waals surface area contributed by atoms with Crippen molar-refractivity contribution < 1.29 is 19.1 Å². The van der Waals surface area contributed by atoms with Gasteiger partial charge in [0.2, 0.25) is 5.91 Å². The molecule has 4 rings (SSSR count). The Hall–Kier alpha value is -4.86. The Morgan fingerprint density at radius 2 is 1.30 bits per heavy atom. The number of carbonyl (C=O) groups excluding carboxylic acids is 3. The molecule has 3 aromatic carbocycles. The summed E-state index contributed by atoms with van der Waals surface area (Å²) in [5.41, 5.74) is 3.75. The van der Waals surface area contributed by atoms with Gasteiger partial charge in [-0.15, -0.1) is 5.10 Å². The van der Waals surface area contributed by atoms with Gasteiger partial charge in [-0.05, 0) is 51.8 Å². The van der Waals surface area contributed by atoms with E-state index in [9.17, 15) is 14.4 Å². The fourth-order valence-electron chi connectivity index (χ4n) is 4.84. The zero-order chi connectivity index (χ0) is 31.5. The lowest BCUT2D eigenvalue weighted by molar-refractivity contribution is -0.129. The van der Waals surface area contributed by atoms with Crippen LogP contribution in [0.4, 0.5) is 4.79 Å². The van der Waals surface area contributed by atoms with Crippen molar-refractivity contribution in [2.45, 2.75) is 65.8 Å². The molecular weight excluding hydrogens is 556 g/mol. The van der Waals surface area contributed by atoms with Gasteiger partial charge in [-0.1, -0.05) is 113 Å². The summed E-state index contributed by atoms with van der Waals surface area (Å²) in [7, 11) is 0. The molecule has 0 aliphatic heterocycles. The molecule has 0 saturated carbocycles. The van der Waals surface area contributed by atoms with Crippen LogP contribution in [-0.4, -0.2) is 50.1 Å². The second-order valence-electron chi connectivity index (χ2n) is 11.6. The molecule has 1 aromatic heterocycles. The van der Waals surface area contributed by atoms with Gasteiger partial charge < -0.3 is 15.4 Å². The van der Waals surface area contributed by atoms with Gasteiger partial charge >= 0.3 is 6.09 Å². The molecule has 2 amide bonds. The van der Waals surface area contributed by atoms with Crippen LogP contribution in [-0.2, 0) is 27.5 Å². The molecule has 10 heteroatoms. The van der Waals surface area contributed by atoms with E-state index in [0.29, 0.717) is 18.7 Å². The van der Waals surface area contributed by atoms with Gasteiger partial charge in [0.25, 0.3) is 0 Å². The Morgan fingerprint density at radius 3 is 1.93 bits per heavy atom. The Balaban J connectivity index is 1.43. The summed E-state index contributed by atoms with van der Waals surface area (Å²) >= 11 is 0. The van der Waals surface area contributed by atoms with Crippen LogP contribution in [0.3, 0.4) is 0 Å². The predicted molar refractivity (Wildman–Crippen MR) is 168 cm³/mol. The first-order valence-electron chi connectivity index (χ1n) is 14.9. The number of ketones is 1. The minimum Gasteiger partial charge on any atom is -0.445 e. The number of hydrogen-bond donors (Lipinski definition) is 2. The number of nitrogens with one attached hydrogen (secondary N) is 2. The monoisotopic (exact) mass is 596 g/mol. The van der Waals surface area contributed by atoms with Crippen molar-refractivity contribution >= 4 is 17.8 Å². The smallest absolute Gasteiger partial charge is 0.408 e. The molecule has 2 atom stereocenters. The highest BCUT2D eigenvalue weighted by Crippen LogP contribution is 2.23. The van der Waals surface area contributed by atoms with Crippen molar-refractivity contribution in [1.82, 2.24) is 30.8 Å². The number of hydrogen-bond acceptors (Lipinski definition) is 7. The maximum absolute atomic E-state index is 13.6. The van der Waals surface area contributed by atoms with Gasteiger partial charge in [-0.2, -0.15) is 0 Å². The van der Waals surface area contributed by atoms with E-state index in [4.69, 9.17) is 4.74 Å². The highest BCUT2D eigenvalue weighted by molar-refractivity contribution is 5.92. The number of Topliss-reactive ketones (excluding diaryl/α,β-unsaturated/α-hetero) is 1. The topological polar surface area (TPSA) is 128 Å². The normalized spacial score (nSPS) is 12.5. The highest BCUT2D eigenvalue weighted by Gasteiger charge is 2.29. The predicted octanol–water partition coefficient (Wildman–Crippen LogP) is 5.45. The molecule has 44 heavy (non-hydrogen) atoms. The fraction of sp³-hybridized carbons (Fsp3) is 0.353. The van der Waals surface area contributed by atoms with Crippen molar-refractivity contribution in [3.63, 3.8) is 0 Å². The Labute approximate surface area is 258 Å². The first-order chi connectivity index (χ1) is 21.2. The second kappa shape index (κ2) is 15.6. The number of aromatic nitrogens is 4. The molecule has 1 heterocycles. The fourth-order valence-corrected chi connectivity index (χ4v) is 4.84. The van der Waals surface area contributed by atoms with Gasteiger partial charge in [-0.3, -0.25) is 9.59 Å². The molecule has 0 fully saturated rings. The maximum atomic E-state index is 13.6. The molecule has 0 spiro atoms. The molecule has 230 valence electrons. The van der Waals surface area contributed by atoms with Crippen LogP contribution in [0.5, 0.6) is 0 Å². The molecule has 0 radical (unpaired) electrons. The van der Waals surface area contributed by atoms with Crippen molar-refractivity contribution in [3.05, 3.63) is 90.5 Å². The van der Waals surface area contributed by atoms with Gasteiger partial charge in [0.15, 0.2) is 11.6 Å². The molecule has 2 N–H and O–H groups in total. The summed E-state index contributed by atoms with van der Waals surface area (Å²) in [6, 6.07) is 25.5. The quantitative estimate of drug-likeness (QED) is 0.198.